The Kier molecular flexibility index (Phi) is 5.67. The van der Waals surface area contributed by atoms with E-state index in [1.807, 2.05) is 0 Å². The van der Waals surface area contributed by atoms with Crippen LogP contribution in [-0.4, -0.2) is 21.2 Å². The third-order valence-electron chi connectivity index (χ3n) is 4.53. The highest BCUT2D eigenvalue weighted by molar-refractivity contribution is 7.99. The summed E-state index contributed by atoms with van der Waals surface area (Å²) in [6.45, 7) is 1.92. The van der Waals surface area contributed by atoms with Crippen LogP contribution in [0.15, 0.2) is 75.2 Å². The molecule has 2 heterocycles. The number of furan rings is 1. The van der Waals surface area contributed by atoms with Crippen LogP contribution in [0.2, 0.25) is 0 Å². The van der Waals surface area contributed by atoms with Crippen molar-refractivity contribution < 1.29 is 13.6 Å². The molecule has 1 N–H and O–H groups in total. The summed E-state index contributed by atoms with van der Waals surface area (Å²) in [7, 11) is 0. The van der Waals surface area contributed by atoms with Crippen molar-refractivity contribution >= 4 is 28.6 Å². The van der Waals surface area contributed by atoms with Crippen LogP contribution < -0.4 is 10.9 Å². The normalized spacial score (nSPS) is 11.0. The van der Waals surface area contributed by atoms with Gasteiger partial charge in [-0.3, -0.25) is 14.2 Å². The first-order valence-electron chi connectivity index (χ1n) is 9.23. The Bertz CT molecular complexity index is 1270. The summed E-state index contributed by atoms with van der Waals surface area (Å²) in [6, 6.07) is 15.0. The lowest BCUT2D eigenvalue weighted by Gasteiger charge is -2.13. The molecule has 0 atom stereocenters. The van der Waals surface area contributed by atoms with Crippen LogP contribution in [0.1, 0.15) is 11.3 Å². The van der Waals surface area contributed by atoms with Crippen molar-refractivity contribution in [1.82, 2.24) is 14.9 Å². The fourth-order valence-electron chi connectivity index (χ4n) is 2.94. The first kappa shape index (κ1) is 19.9. The number of hydrogen-bond donors (Lipinski definition) is 1. The Morgan fingerprint density at radius 1 is 1.20 bits per heavy atom. The van der Waals surface area contributed by atoms with Crippen molar-refractivity contribution in [1.29, 1.82) is 0 Å². The summed E-state index contributed by atoms with van der Waals surface area (Å²) < 4.78 is 20.7. The smallest absolute Gasteiger partial charge is 0.266 e. The number of carbonyl (C=O) groups is 1. The molecule has 0 saturated heterocycles. The topological polar surface area (TPSA) is 77.1 Å². The zero-order valence-electron chi connectivity index (χ0n) is 16.1. The van der Waals surface area contributed by atoms with Crippen LogP contribution >= 0.6 is 11.8 Å². The number of aromatic nitrogens is 2. The molecule has 0 unspecified atom stereocenters. The zero-order chi connectivity index (χ0) is 21.1. The van der Waals surface area contributed by atoms with Gasteiger partial charge < -0.3 is 9.73 Å². The number of amides is 1. The number of para-hydroxylation sites is 1. The quantitative estimate of drug-likeness (QED) is 0.377. The van der Waals surface area contributed by atoms with Gasteiger partial charge in [0.25, 0.3) is 5.56 Å². The van der Waals surface area contributed by atoms with Crippen LogP contribution in [-0.2, 0) is 11.3 Å². The lowest BCUT2D eigenvalue weighted by Crippen LogP contribution is -2.26. The van der Waals surface area contributed by atoms with E-state index >= 15 is 0 Å². The summed E-state index contributed by atoms with van der Waals surface area (Å²) in [6.07, 6.45) is 1.54. The maximum Gasteiger partial charge on any atom is 0.266 e. The number of aryl methyl sites for hydroxylation is 1. The lowest BCUT2D eigenvalue weighted by molar-refractivity contribution is -0.118. The SMILES string of the molecule is Cc1ccc(-n2c(SCC(=O)NCc3ccco3)nc3ccccc3c2=O)cc1F. The molecule has 0 aliphatic carbocycles. The highest BCUT2D eigenvalue weighted by atomic mass is 32.2. The molecule has 4 aromatic rings. The van der Waals surface area contributed by atoms with Crippen LogP contribution in [0.25, 0.3) is 16.6 Å². The van der Waals surface area contributed by atoms with Crippen molar-refractivity contribution in [2.45, 2.75) is 18.6 Å². The van der Waals surface area contributed by atoms with Gasteiger partial charge in [0.2, 0.25) is 5.91 Å². The average Bonchev–Trinajstić information content (AvgIpc) is 3.27. The van der Waals surface area contributed by atoms with Gasteiger partial charge in [0.15, 0.2) is 5.16 Å². The molecule has 30 heavy (non-hydrogen) atoms. The van der Waals surface area contributed by atoms with E-state index in [2.05, 4.69) is 10.3 Å². The predicted octanol–water partition coefficient (Wildman–Crippen LogP) is 3.83. The monoisotopic (exact) mass is 423 g/mol. The summed E-state index contributed by atoms with van der Waals surface area (Å²) in [4.78, 5) is 30.0. The van der Waals surface area contributed by atoms with Gasteiger partial charge in [0.1, 0.15) is 11.6 Å². The molecule has 2 aromatic heterocycles. The van der Waals surface area contributed by atoms with E-state index in [0.717, 1.165) is 11.8 Å². The number of rotatable bonds is 6. The molecule has 0 aliphatic heterocycles. The van der Waals surface area contributed by atoms with Gasteiger partial charge in [0.05, 0.1) is 35.2 Å². The van der Waals surface area contributed by atoms with Gasteiger partial charge in [0, 0.05) is 0 Å². The maximum absolute atomic E-state index is 14.2. The minimum absolute atomic E-state index is 0.0415. The van der Waals surface area contributed by atoms with Crippen LogP contribution in [0.3, 0.4) is 0 Å². The van der Waals surface area contributed by atoms with Crippen molar-refractivity contribution in [3.05, 3.63) is 88.4 Å². The molecule has 0 saturated carbocycles. The Morgan fingerprint density at radius 3 is 2.80 bits per heavy atom. The van der Waals surface area contributed by atoms with Gasteiger partial charge >= 0.3 is 0 Å². The zero-order valence-corrected chi connectivity index (χ0v) is 16.9. The number of benzene rings is 2. The highest BCUT2D eigenvalue weighted by Crippen LogP contribution is 2.22. The van der Waals surface area contributed by atoms with Crippen molar-refractivity contribution in [2.75, 3.05) is 5.75 Å². The number of halogens is 1. The van der Waals surface area contributed by atoms with Crippen molar-refractivity contribution in [2.24, 2.45) is 0 Å². The minimum atomic E-state index is -0.417. The van der Waals surface area contributed by atoms with Gasteiger partial charge in [-0.15, -0.1) is 0 Å². The number of hydrogen-bond acceptors (Lipinski definition) is 5. The van der Waals surface area contributed by atoms with E-state index < -0.39 is 5.82 Å². The Hall–Kier alpha value is -3.39. The predicted molar refractivity (Wildman–Crippen MR) is 113 cm³/mol. The Morgan fingerprint density at radius 2 is 2.03 bits per heavy atom. The number of nitrogens with one attached hydrogen (secondary N) is 1. The van der Waals surface area contributed by atoms with Crippen molar-refractivity contribution in [3.63, 3.8) is 0 Å². The second-order valence-electron chi connectivity index (χ2n) is 6.63. The minimum Gasteiger partial charge on any atom is -0.467 e. The van der Waals surface area contributed by atoms with E-state index in [9.17, 15) is 14.0 Å². The second-order valence-corrected chi connectivity index (χ2v) is 7.57. The van der Waals surface area contributed by atoms with Crippen LogP contribution in [0.4, 0.5) is 4.39 Å². The van der Waals surface area contributed by atoms with Gasteiger partial charge in [-0.25, -0.2) is 9.37 Å². The number of nitrogens with zero attached hydrogens (tertiary/aromatic N) is 2. The molecule has 8 heteroatoms. The number of thioether (sulfide) groups is 1. The first-order chi connectivity index (χ1) is 14.5. The fraction of sp³-hybridized carbons (Fsp3) is 0.136. The standard InChI is InChI=1S/C22H18FN3O3S/c1-14-8-9-15(11-18(14)23)26-21(28)17-6-2-3-7-19(17)25-22(26)30-13-20(27)24-12-16-5-4-10-29-16/h2-11H,12-13H2,1H3,(H,24,27). The second kappa shape index (κ2) is 8.54. The molecule has 0 bridgehead atoms. The number of fused-ring (bicyclic) bond motifs is 1. The van der Waals surface area contributed by atoms with E-state index in [1.165, 1.54) is 16.9 Å². The maximum atomic E-state index is 14.2. The highest BCUT2D eigenvalue weighted by Gasteiger charge is 2.15. The van der Waals surface area contributed by atoms with Crippen molar-refractivity contribution in [3.8, 4) is 5.69 Å². The fourth-order valence-corrected chi connectivity index (χ4v) is 3.78. The van der Waals surface area contributed by atoms with Crippen LogP contribution in [0, 0.1) is 12.7 Å². The molecular formula is C22H18FN3O3S. The molecule has 6 nitrogen and oxygen atoms in total. The third kappa shape index (κ3) is 4.13. The van der Waals surface area contributed by atoms with Crippen LogP contribution in [0.5, 0.6) is 0 Å². The molecule has 0 aliphatic rings. The van der Waals surface area contributed by atoms with E-state index in [1.54, 1.807) is 55.5 Å². The molecule has 0 spiro atoms. The summed E-state index contributed by atoms with van der Waals surface area (Å²) >= 11 is 1.11. The molecular weight excluding hydrogens is 405 g/mol. The van der Waals surface area contributed by atoms with Gasteiger partial charge in [-0.2, -0.15) is 0 Å². The third-order valence-corrected chi connectivity index (χ3v) is 5.47. The molecule has 0 radical (unpaired) electrons. The summed E-state index contributed by atoms with van der Waals surface area (Å²) in [5, 5.41) is 3.49. The summed E-state index contributed by atoms with van der Waals surface area (Å²) in [5.74, 6) is 0.0317. The van der Waals surface area contributed by atoms with E-state index in [4.69, 9.17) is 4.42 Å². The molecule has 0 fully saturated rings. The molecule has 2 aromatic carbocycles. The first-order valence-corrected chi connectivity index (χ1v) is 10.2. The average molecular weight is 423 g/mol. The van der Waals surface area contributed by atoms with E-state index in [-0.39, 0.29) is 23.8 Å². The van der Waals surface area contributed by atoms with Gasteiger partial charge in [-0.05, 0) is 48.9 Å². The Labute approximate surface area is 175 Å². The van der Waals surface area contributed by atoms with Gasteiger partial charge in [-0.1, -0.05) is 30.0 Å². The summed E-state index contributed by atoms with van der Waals surface area (Å²) in [5.41, 5.74) is 1.04. The molecule has 152 valence electrons. The Balaban J connectivity index is 1.66. The lowest BCUT2D eigenvalue weighted by atomic mass is 10.2. The molecule has 4 rings (SSSR count). The number of carbonyl (C=O) groups excluding carboxylic acids is 1. The van der Waals surface area contributed by atoms with E-state index in [0.29, 0.717) is 33.1 Å². The largest absolute Gasteiger partial charge is 0.467 e. The molecule has 1 amide bonds.